The molecule has 4 aromatic heterocycles. The molecule has 0 saturated carbocycles. The SMILES string of the molecule is CC=Nc1ccn([C@H](C)c2nnc3c(F)cc(-c4ccc(Cl)cn4)cn23)c(=O)c1CC. The first-order valence-electron chi connectivity index (χ1n) is 9.83. The predicted octanol–water partition coefficient (Wildman–Crippen LogP) is 4.64. The summed E-state index contributed by atoms with van der Waals surface area (Å²) in [6.45, 7) is 5.54. The van der Waals surface area contributed by atoms with E-state index in [1.807, 2.05) is 13.8 Å². The van der Waals surface area contributed by atoms with E-state index in [1.165, 1.54) is 12.3 Å². The number of rotatable bonds is 5. The summed E-state index contributed by atoms with van der Waals surface area (Å²) in [5.74, 6) is -0.102. The lowest BCUT2D eigenvalue weighted by atomic mass is 10.1. The highest BCUT2D eigenvalue weighted by molar-refractivity contribution is 6.30. The minimum absolute atomic E-state index is 0.0792. The van der Waals surface area contributed by atoms with Crippen LogP contribution in [0.2, 0.25) is 5.02 Å². The monoisotopic (exact) mass is 438 g/mol. The molecule has 0 radical (unpaired) electrons. The van der Waals surface area contributed by atoms with E-state index in [1.54, 1.807) is 52.7 Å². The van der Waals surface area contributed by atoms with Gasteiger partial charge in [-0.1, -0.05) is 18.5 Å². The Kier molecular flexibility index (Phi) is 5.65. The first-order chi connectivity index (χ1) is 14.9. The van der Waals surface area contributed by atoms with Gasteiger partial charge in [0.15, 0.2) is 17.3 Å². The van der Waals surface area contributed by atoms with Crippen LogP contribution < -0.4 is 5.56 Å². The third-order valence-corrected chi connectivity index (χ3v) is 5.34. The molecule has 0 aliphatic rings. The van der Waals surface area contributed by atoms with Gasteiger partial charge in [0.2, 0.25) is 0 Å². The minimum Gasteiger partial charge on any atom is -0.305 e. The van der Waals surface area contributed by atoms with Crippen molar-refractivity contribution in [2.24, 2.45) is 4.99 Å². The molecule has 158 valence electrons. The largest absolute Gasteiger partial charge is 0.305 e. The maximum atomic E-state index is 14.8. The molecule has 0 fully saturated rings. The van der Waals surface area contributed by atoms with E-state index in [4.69, 9.17) is 11.6 Å². The molecular formula is C22H20ClFN6O. The Bertz CT molecular complexity index is 1340. The Balaban J connectivity index is 1.85. The summed E-state index contributed by atoms with van der Waals surface area (Å²) < 4.78 is 17.9. The molecule has 4 heterocycles. The molecule has 7 nitrogen and oxygen atoms in total. The van der Waals surface area contributed by atoms with Gasteiger partial charge in [-0.15, -0.1) is 10.2 Å². The highest BCUT2D eigenvalue weighted by Crippen LogP contribution is 2.25. The second kappa shape index (κ2) is 8.39. The van der Waals surface area contributed by atoms with Crippen LogP contribution in [0.4, 0.5) is 10.1 Å². The predicted molar refractivity (Wildman–Crippen MR) is 119 cm³/mol. The van der Waals surface area contributed by atoms with Crippen molar-refractivity contribution in [3.8, 4) is 11.3 Å². The summed E-state index contributed by atoms with van der Waals surface area (Å²) in [5, 5.41) is 8.66. The highest BCUT2D eigenvalue weighted by atomic mass is 35.5. The molecule has 0 aliphatic heterocycles. The first-order valence-corrected chi connectivity index (χ1v) is 10.2. The van der Waals surface area contributed by atoms with E-state index in [0.29, 0.717) is 39.8 Å². The number of aliphatic imine (C=N–C) groups is 1. The summed E-state index contributed by atoms with van der Waals surface area (Å²) in [5.41, 5.74) is 2.28. The molecule has 0 unspecified atom stereocenters. The van der Waals surface area contributed by atoms with Gasteiger partial charge in [0, 0.05) is 35.9 Å². The third kappa shape index (κ3) is 3.74. The van der Waals surface area contributed by atoms with Gasteiger partial charge < -0.3 is 4.57 Å². The lowest BCUT2D eigenvalue weighted by Crippen LogP contribution is -2.27. The summed E-state index contributed by atoms with van der Waals surface area (Å²) in [6, 6.07) is 6.06. The normalized spacial score (nSPS) is 12.7. The van der Waals surface area contributed by atoms with Gasteiger partial charge >= 0.3 is 0 Å². The van der Waals surface area contributed by atoms with Gasteiger partial charge in [0.1, 0.15) is 0 Å². The molecule has 4 aromatic rings. The van der Waals surface area contributed by atoms with Crippen LogP contribution in [0.25, 0.3) is 16.9 Å². The maximum absolute atomic E-state index is 14.8. The quantitative estimate of drug-likeness (QED) is 0.425. The molecule has 0 saturated heterocycles. The zero-order valence-corrected chi connectivity index (χ0v) is 18.0. The Morgan fingerprint density at radius 3 is 2.77 bits per heavy atom. The number of fused-ring (bicyclic) bond motifs is 1. The molecule has 0 aliphatic carbocycles. The van der Waals surface area contributed by atoms with Gasteiger partial charge in [-0.3, -0.25) is 19.2 Å². The summed E-state index contributed by atoms with van der Waals surface area (Å²) in [6.07, 6.45) is 7.09. The molecule has 9 heteroatoms. The van der Waals surface area contributed by atoms with Crippen molar-refractivity contribution in [1.82, 2.24) is 24.1 Å². The zero-order chi connectivity index (χ0) is 22.1. The van der Waals surface area contributed by atoms with E-state index in [-0.39, 0.29) is 11.2 Å². The molecule has 0 N–H and O–H groups in total. The van der Waals surface area contributed by atoms with Crippen molar-refractivity contribution < 1.29 is 4.39 Å². The number of hydrogen-bond donors (Lipinski definition) is 0. The fraction of sp³-hybridized carbons (Fsp3) is 0.227. The van der Waals surface area contributed by atoms with Crippen molar-refractivity contribution in [2.45, 2.75) is 33.2 Å². The van der Waals surface area contributed by atoms with E-state index >= 15 is 0 Å². The van der Waals surface area contributed by atoms with Crippen LogP contribution in [0.3, 0.4) is 0 Å². The minimum atomic E-state index is -0.533. The van der Waals surface area contributed by atoms with Crippen molar-refractivity contribution in [1.29, 1.82) is 0 Å². The van der Waals surface area contributed by atoms with Gasteiger partial charge in [0.25, 0.3) is 5.56 Å². The van der Waals surface area contributed by atoms with Crippen LogP contribution >= 0.6 is 11.6 Å². The summed E-state index contributed by atoms with van der Waals surface area (Å²) >= 11 is 5.91. The molecule has 31 heavy (non-hydrogen) atoms. The number of nitrogens with zero attached hydrogens (tertiary/aromatic N) is 6. The van der Waals surface area contributed by atoms with Crippen molar-refractivity contribution >= 4 is 29.2 Å². The molecule has 0 aromatic carbocycles. The lowest BCUT2D eigenvalue weighted by Gasteiger charge is -2.16. The van der Waals surface area contributed by atoms with Gasteiger partial charge in [-0.2, -0.15) is 0 Å². The highest BCUT2D eigenvalue weighted by Gasteiger charge is 2.21. The maximum Gasteiger partial charge on any atom is 0.256 e. The van der Waals surface area contributed by atoms with Crippen LogP contribution in [-0.2, 0) is 6.42 Å². The van der Waals surface area contributed by atoms with Gasteiger partial charge in [0.05, 0.1) is 22.4 Å². The summed E-state index contributed by atoms with van der Waals surface area (Å²) in [4.78, 5) is 21.6. The van der Waals surface area contributed by atoms with Crippen molar-refractivity contribution in [2.75, 3.05) is 0 Å². The second-order valence-electron chi connectivity index (χ2n) is 7.00. The fourth-order valence-electron chi connectivity index (χ4n) is 3.55. The Labute approximate surface area is 182 Å². The van der Waals surface area contributed by atoms with E-state index in [2.05, 4.69) is 20.2 Å². The molecule has 0 spiro atoms. The zero-order valence-electron chi connectivity index (χ0n) is 17.3. The molecule has 0 amide bonds. The standard InChI is InChI=1S/C22H20ClFN6O/c1-4-16-19(25-5-2)8-9-29(22(16)31)13(3)20-27-28-21-17(24)10-14(12-30(20)21)18-7-6-15(23)11-26-18/h5-13H,4H2,1-3H3/t13-/m1/s1. The average molecular weight is 439 g/mol. The van der Waals surface area contributed by atoms with Crippen LogP contribution in [0.1, 0.15) is 38.2 Å². The van der Waals surface area contributed by atoms with Crippen LogP contribution in [0.15, 0.2) is 52.6 Å². The molecule has 0 bridgehead atoms. The molecule has 1 atom stereocenters. The lowest BCUT2D eigenvalue weighted by molar-refractivity contribution is 0.568. The smallest absolute Gasteiger partial charge is 0.256 e. The Morgan fingerprint density at radius 2 is 2.10 bits per heavy atom. The molecular weight excluding hydrogens is 419 g/mol. The van der Waals surface area contributed by atoms with Gasteiger partial charge in [-0.05, 0) is 44.5 Å². The van der Waals surface area contributed by atoms with E-state index in [0.717, 1.165) is 0 Å². The topological polar surface area (TPSA) is 77.4 Å². The average Bonchev–Trinajstić information content (AvgIpc) is 3.19. The number of aromatic nitrogens is 5. The van der Waals surface area contributed by atoms with Crippen molar-refractivity contribution in [3.05, 3.63) is 75.4 Å². The number of hydrogen-bond acceptors (Lipinski definition) is 5. The second-order valence-corrected chi connectivity index (χ2v) is 7.44. The Hall–Kier alpha value is -3.39. The van der Waals surface area contributed by atoms with Crippen LogP contribution in [0.5, 0.6) is 0 Å². The first kappa shape index (κ1) is 20.9. The molecule has 4 rings (SSSR count). The van der Waals surface area contributed by atoms with Crippen LogP contribution in [0, 0.1) is 5.82 Å². The van der Waals surface area contributed by atoms with E-state index in [9.17, 15) is 9.18 Å². The van der Waals surface area contributed by atoms with Crippen molar-refractivity contribution in [3.63, 3.8) is 0 Å². The Morgan fingerprint density at radius 1 is 1.29 bits per heavy atom. The fourth-order valence-corrected chi connectivity index (χ4v) is 3.66. The van der Waals surface area contributed by atoms with Crippen LogP contribution in [-0.4, -0.2) is 30.4 Å². The number of pyridine rings is 3. The summed E-state index contributed by atoms with van der Waals surface area (Å²) in [7, 11) is 0. The van der Waals surface area contributed by atoms with Gasteiger partial charge in [-0.25, -0.2) is 4.39 Å². The third-order valence-electron chi connectivity index (χ3n) is 5.12. The number of halogens is 2. The van der Waals surface area contributed by atoms with E-state index < -0.39 is 11.9 Å².